The number of rotatable bonds is 4. The van der Waals surface area contributed by atoms with E-state index in [1.54, 1.807) is 36.4 Å². The fourth-order valence-electron chi connectivity index (χ4n) is 7.32. The van der Waals surface area contributed by atoms with Gasteiger partial charge in [0.05, 0.1) is 37.6 Å². The second kappa shape index (κ2) is 9.48. The number of hydrogen-bond acceptors (Lipinski definition) is 8. The van der Waals surface area contributed by atoms with Gasteiger partial charge in [-0.25, -0.2) is 4.79 Å². The molecule has 4 fully saturated rings. The molecule has 6 rings (SSSR count). The van der Waals surface area contributed by atoms with Crippen LogP contribution in [0.3, 0.4) is 0 Å². The molecule has 3 heterocycles. The number of allylic oxidation sites excluding steroid dienone is 1. The Labute approximate surface area is 236 Å². The third kappa shape index (κ3) is 4.57. The van der Waals surface area contributed by atoms with Gasteiger partial charge in [-0.3, -0.25) is 0 Å². The summed E-state index contributed by atoms with van der Waals surface area (Å²) in [5.74, 6) is -2.81. The molecule has 0 unspecified atom stereocenters. The first-order chi connectivity index (χ1) is 18.8. The predicted octanol–water partition coefficient (Wildman–Crippen LogP) is 4.42. The van der Waals surface area contributed by atoms with E-state index in [2.05, 4.69) is 19.1 Å². The van der Waals surface area contributed by atoms with Crippen molar-refractivity contribution in [1.82, 2.24) is 0 Å². The molecule has 0 amide bonds. The molecule has 1 aromatic carbocycles. The van der Waals surface area contributed by atoms with E-state index in [0.717, 1.165) is 0 Å². The Balaban J connectivity index is 1.50. The topological polar surface area (TPSA) is 96.0 Å². The number of epoxide rings is 1. The van der Waals surface area contributed by atoms with Crippen LogP contribution in [0.1, 0.15) is 58.3 Å². The van der Waals surface area contributed by atoms with Crippen LogP contribution in [0.4, 0.5) is 0 Å². The van der Waals surface area contributed by atoms with E-state index in [0.29, 0.717) is 31.8 Å². The van der Waals surface area contributed by atoms with Crippen molar-refractivity contribution in [2.24, 2.45) is 22.7 Å². The van der Waals surface area contributed by atoms with Crippen LogP contribution in [0.15, 0.2) is 54.6 Å². The Morgan fingerprint density at radius 3 is 2.38 bits per heavy atom. The highest BCUT2D eigenvalue weighted by molar-refractivity contribution is 5.89. The van der Waals surface area contributed by atoms with E-state index >= 15 is 0 Å². The van der Waals surface area contributed by atoms with E-state index in [9.17, 15) is 9.90 Å². The van der Waals surface area contributed by atoms with E-state index in [4.69, 9.17) is 28.4 Å². The molecule has 8 atom stereocenters. The minimum Gasteiger partial charge on any atom is -0.455 e. The molecule has 3 saturated heterocycles. The summed E-state index contributed by atoms with van der Waals surface area (Å²) in [6.45, 7) is 13.1. The summed E-state index contributed by atoms with van der Waals surface area (Å²) in [6, 6.07) is 8.91. The van der Waals surface area contributed by atoms with Crippen LogP contribution in [0.5, 0.6) is 0 Å². The zero-order chi connectivity index (χ0) is 28.6. The van der Waals surface area contributed by atoms with Gasteiger partial charge >= 0.3 is 5.97 Å². The lowest BCUT2D eigenvalue weighted by Crippen LogP contribution is -2.67. The minimum atomic E-state index is -1.61. The highest BCUT2D eigenvalue weighted by atomic mass is 16.7. The number of benzene rings is 1. The molecule has 0 bridgehead atoms. The lowest BCUT2D eigenvalue weighted by Gasteiger charge is -2.57. The molecular weight excluding hydrogens is 512 g/mol. The third-order valence-corrected chi connectivity index (χ3v) is 9.80. The summed E-state index contributed by atoms with van der Waals surface area (Å²) in [6.07, 6.45) is 6.97. The van der Waals surface area contributed by atoms with Gasteiger partial charge in [-0.1, -0.05) is 51.1 Å². The number of fused-ring (bicyclic) bond motifs is 6. The molecule has 218 valence electrons. The first-order valence-electron chi connectivity index (χ1n) is 14.4. The second-order valence-corrected chi connectivity index (χ2v) is 13.4. The summed E-state index contributed by atoms with van der Waals surface area (Å²) >= 11 is 0. The van der Waals surface area contributed by atoms with Gasteiger partial charge in [0, 0.05) is 22.7 Å². The van der Waals surface area contributed by atoms with Gasteiger partial charge in [-0.05, 0) is 51.5 Å². The fraction of sp³-hybridized carbons (Fsp3) is 0.656. The summed E-state index contributed by atoms with van der Waals surface area (Å²) in [5.41, 5.74) is -2.45. The molecule has 0 aromatic heterocycles. The molecular formula is C32H42O8. The number of ether oxygens (including phenoxy) is 6. The number of hydrogen-bond donors (Lipinski definition) is 1. The Morgan fingerprint density at radius 1 is 0.975 bits per heavy atom. The van der Waals surface area contributed by atoms with Crippen LogP contribution in [-0.4, -0.2) is 72.5 Å². The lowest BCUT2D eigenvalue weighted by atomic mass is 9.53. The van der Waals surface area contributed by atoms with Crippen LogP contribution >= 0.6 is 0 Å². The average molecular weight is 555 g/mol. The Kier molecular flexibility index (Phi) is 6.65. The minimum absolute atomic E-state index is 0.0835. The van der Waals surface area contributed by atoms with Crippen molar-refractivity contribution in [2.45, 2.75) is 89.6 Å². The van der Waals surface area contributed by atoms with Crippen LogP contribution in [0.2, 0.25) is 0 Å². The average Bonchev–Trinajstić information content (AvgIpc) is 3.61. The van der Waals surface area contributed by atoms with Crippen molar-refractivity contribution in [3.05, 3.63) is 60.2 Å². The SMILES string of the molecule is CC1(C)OC[C@@H]2[C@@H](O1)[C@H]1O[C@H]1[C@@]1(C)/C=C\CC(C)(C)[C@@](O)(/C=C/C3(C)OCCO3)[C@H](OC(=O)c3ccccc3)[C@@H]21. The van der Waals surface area contributed by atoms with Crippen LogP contribution in [-0.2, 0) is 28.4 Å². The van der Waals surface area contributed by atoms with Gasteiger partial charge in [0.2, 0.25) is 0 Å². The van der Waals surface area contributed by atoms with Gasteiger partial charge in [-0.2, -0.15) is 0 Å². The van der Waals surface area contributed by atoms with Gasteiger partial charge < -0.3 is 33.5 Å². The first kappa shape index (κ1) is 28.1. The summed E-state index contributed by atoms with van der Waals surface area (Å²) < 4.78 is 37.2. The molecule has 1 N–H and O–H groups in total. The predicted molar refractivity (Wildman–Crippen MR) is 146 cm³/mol. The Hall–Kier alpha value is -2.07. The largest absolute Gasteiger partial charge is 0.455 e. The fourth-order valence-corrected chi connectivity index (χ4v) is 7.32. The van der Waals surface area contributed by atoms with Gasteiger partial charge in [0.25, 0.3) is 0 Å². The Morgan fingerprint density at radius 2 is 1.68 bits per heavy atom. The van der Waals surface area contributed by atoms with Crippen molar-refractivity contribution in [3.63, 3.8) is 0 Å². The second-order valence-electron chi connectivity index (χ2n) is 13.4. The standard InChI is InChI=1S/C32H42O8/c1-28(2)13-10-14-30(5)22(21-19-37-29(3,4)40-23(21)24-26(30)38-24)25(39-27(33)20-11-8-7-9-12-20)32(28,34)16-15-31(6)35-17-18-36-31/h7-12,14-16,21-26,34H,13,17-19H2,1-6H3/b14-10-,16-15+/t21-,22+,23+,24+,25+,26+,30-,32+/m0/s1. The molecule has 2 aliphatic carbocycles. The van der Waals surface area contributed by atoms with Crippen LogP contribution in [0.25, 0.3) is 0 Å². The van der Waals surface area contributed by atoms with Gasteiger partial charge in [0.15, 0.2) is 11.6 Å². The molecule has 1 aromatic rings. The maximum absolute atomic E-state index is 13.7. The lowest BCUT2D eigenvalue weighted by molar-refractivity contribution is -0.317. The molecule has 5 aliphatic rings. The maximum atomic E-state index is 13.7. The van der Waals surface area contributed by atoms with E-state index in [1.165, 1.54) is 0 Å². The van der Waals surface area contributed by atoms with E-state index < -0.39 is 40.1 Å². The number of carbonyl (C=O) groups is 1. The summed E-state index contributed by atoms with van der Waals surface area (Å²) in [4.78, 5) is 13.7. The molecule has 8 heteroatoms. The van der Waals surface area contributed by atoms with Gasteiger partial charge in [0.1, 0.15) is 17.8 Å². The molecule has 8 nitrogen and oxygen atoms in total. The van der Waals surface area contributed by atoms with Gasteiger partial charge in [-0.15, -0.1) is 0 Å². The monoisotopic (exact) mass is 554 g/mol. The van der Waals surface area contributed by atoms with Crippen LogP contribution in [0, 0.1) is 22.7 Å². The van der Waals surface area contributed by atoms with E-state index in [-0.39, 0.29) is 30.1 Å². The highest BCUT2D eigenvalue weighted by Crippen LogP contribution is 2.62. The molecule has 0 radical (unpaired) electrons. The number of aliphatic hydroxyl groups is 1. The molecule has 0 spiro atoms. The zero-order valence-corrected chi connectivity index (χ0v) is 24.3. The van der Waals surface area contributed by atoms with Crippen molar-refractivity contribution in [2.75, 3.05) is 19.8 Å². The summed E-state index contributed by atoms with van der Waals surface area (Å²) in [7, 11) is 0. The number of carbonyl (C=O) groups excluding carboxylic acids is 1. The third-order valence-electron chi connectivity index (χ3n) is 9.80. The Bertz CT molecular complexity index is 1180. The number of esters is 1. The van der Waals surface area contributed by atoms with E-state index in [1.807, 2.05) is 40.7 Å². The molecule has 40 heavy (non-hydrogen) atoms. The first-order valence-corrected chi connectivity index (χ1v) is 14.4. The molecule has 1 saturated carbocycles. The maximum Gasteiger partial charge on any atom is 0.338 e. The quantitative estimate of drug-likeness (QED) is 0.332. The summed E-state index contributed by atoms with van der Waals surface area (Å²) in [5, 5.41) is 12.9. The zero-order valence-electron chi connectivity index (χ0n) is 24.3. The highest BCUT2D eigenvalue weighted by Gasteiger charge is 2.72. The van der Waals surface area contributed by atoms with Crippen molar-refractivity contribution in [1.29, 1.82) is 0 Å². The normalized spacial score (nSPS) is 43.5. The van der Waals surface area contributed by atoms with Crippen LogP contribution < -0.4 is 0 Å². The van der Waals surface area contributed by atoms with Crippen molar-refractivity contribution in [3.8, 4) is 0 Å². The smallest absolute Gasteiger partial charge is 0.338 e. The molecule has 3 aliphatic heterocycles. The van der Waals surface area contributed by atoms with Crippen molar-refractivity contribution >= 4 is 5.97 Å². The van der Waals surface area contributed by atoms with Crippen molar-refractivity contribution < 1.29 is 38.3 Å².